The lowest BCUT2D eigenvalue weighted by Gasteiger charge is -2.35. The fraction of sp³-hybridized carbons (Fsp3) is 0.333. The fourth-order valence-corrected chi connectivity index (χ4v) is 5.01. The highest BCUT2D eigenvalue weighted by Gasteiger charge is 2.21. The van der Waals surface area contributed by atoms with Gasteiger partial charge in [0, 0.05) is 56.6 Å². The molecule has 2 heterocycles. The molecule has 0 spiro atoms. The SMILES string of the molecule is C=CC(=O)Nc1cc(N2CCN(CC)CC2)ccc1Nc1cc(N(C)C(=O)Nc2c(C)c(OC)cc(OC)c2Cl)ncn1. The highest BCUT2D eigenvalue weighted by Crippen LogP contribution is 2.40. The average Bonchev–Trinajstić information content (AvgIpc) is 3.03. The van der Waals surface area contributed by atoms with Gasteiger partial charge in [0.05, 0.1) is 31.3 Å². The van der Waals surface area contributed by atoms with E-state index < -0.39 is 6.03 Å². The molecule has 2 aromatic carbocycles. The highest BCUT2D eigenvalue weighted by molar-refractivity contribution is 6.35. The predicted octanol–water partition coefficient (Wildman–Crippen LogP) is 5.13. The van der Waals surface area contributed by atoms with E-state index in [4.69, 9.17) is 21.1 Å². The van der Waals surface area contributed by atoms with Gasteiger partial charge < -0.3 is 35.2 Å². The van der Waals surface area contributed by atoms with Crippen LogP contribution >= 0.6 is 11.6 Å². The molecule has 1 aromatic heterocycles. The van der Waals surface area contributed by atoms with E-state index >= 15 is 0 Å². The average molecular weight is 609 g/mol. The second kappa shape index (κ2) is 14.1. The van der Waals surface area contributed by atoms with Crippen LogP contribution in [0.3, 0.4) is 0 Å². The van der Waals surface area contributed by atoms with E-state index in [9.17, 15) is 9.59 Å². The zero-order chi connectivity index (χ0) is 31.1. The number of likely N-dealkylation sites (N-methyl/N-ethyl adjacent to an activating group) is 1. The Labute approximate surface area is 256 Å². The smallest absolute Gasteiger partial charge is 0.327 e. The van der Waals surface area contributed by atoms with E-state index in [1.165, 1.54) is 31.5 Å². The molecule has 12 nitrogen and oxygen atoms in total. The Morgan fingerprint density at radius 3 is 2.42 bits per heavy atom. The molecular weight excluding hydrogens is 572 g/mol. The number of anilines is 6. The van der Waals surface area contributed by atoms with Crippen molar-refractivity contribution in [3.8, 4) is 11.5 Å². The van der Waals surface area contributed by atoms with Gasteiger partial charge in [0.15, 0.2) is 0 Å². The summed E-state index contributed by atoms with van der Waals surface area (Å²) in [5.41, 5.74) is 3.20. The molecule has 0 radical (unpaired) electrons. The highest BCUT2D eigenvalue weighted by atomic mass is 35.5. The zero-order valence-corrected chi connectivity index (χ0v) is 25.8. The minimum absolute atomic E-state index is 0.248. The summed E-state index contributed by atoms with van der Waals surface area (Å²) in [7, 11) is 4.58. The minimum atomic E-state index is -0.489. The van der Waals surface area contributed by atoms with Crippen molar-refractivity contribution < 1.29 is 19.1 Å². The molecule has 0 aliphatic carbocycles. The number of amides is 3. The van der Waals surface area contributed by atoms with Crippen molar-refractivity contribution in [1.29, 1.82) is 0 Å². The summed E-state index contributed by atoms with van der Waals surface area (Å²) in [6, 6.07) is 8.61. The summed E-state index contributed by atoms with van der Waals surface area (Å²) in [6.07, 6.45) is 2.57. The third-order valence-corrected chi connectivity index (χ3v) is 7.68. The molecule has 0 bridgehead atoms. The van der Waals surface area contributed by atoms with Crippen LogP contribution in [0.15, 0.2) is 49.3 Å². The Balaban J connectivity index is 1.55. The number of piperazine rings is 1. The van der Waals surface area contributed by atoms with Crippen molar-refractivity contribution in [1.82, 2.24) is 14.9 Å². The maximum Gasteiger partial charge on any atom is 0.327 e. The number of halogens is 1. The van der Waals surface area contributed by atoms with Crippen molar-refractivity contribution >= 4 is 57.9 Å². The third kappa shape index (κ3) is 7.27. The number of hydrogen-bond donors (Lipinski definition) is 3. The van der Waals surface area contributed by atoms with Gasteiger partial charge in [-0.2, -0.15) is 0 Å². The molecule has 0 saturated carbocycles. The van der Waals surface area contributed by atoms with E-state index in [2.05, 4.69) is 49.2 Å². The summed E-state index contributed by atoms with van der Waals surface area (Å²) in [5.74, 6) is 1.28. The van der Waals surface area contributed by atoms with Crippen LogP contribution in [-0.4, -0.2) is 80.8 Å². The van der Waals surface area contributed by atoms with Gasteiger partial charge in [-0.3, -0.25) is 9.69 Å². The van der Waals surface area contributed by atoms with Gasteiger partial charge in [-0.25, -0.2) is 14.8 Å². The molecule has 13 heteroatoms. The lowest BCUT2D eigenvalue weighted by Crippen LogP contribution is -2.46. The first kappa shape index (κ1) is 31.4. The standard InChI is InChI=1S/C30H37ClN8O4/c1-7-27(40)35-22-15-20(39-13-11-38(8-2)12-14-39)9-10-21(22)34-25-17-26(33-18-32-25)37(4)30(41)36-29-19(3)23(42-5)16-24(43-6)28(29)31/h7,9-10,15-18H,1,8,11-14H2,2-6H3,(H,35,40)(H,36,41)(H,32,33,34). The number of carbonyl (C=O) groups excluding carboxylic acids is 2. The lowest BCUT2D eigenvalue weighted by atomic mass is 10.1. The number of ether oxygens (including phenoxy) is 2. The number of carbonyl (C=O) groups is 2. The second-order valence-corrected chi connectivity index (χ2v) is 10.2. The van der Waals surface area contributed by atoms with Crippen LogP contribution in [0, 0.1) is 6.92 Å². The van der Waals surface area contributed by atoms with Crippen LogP contribution < -0.4 is 35.2 Å². The van der Waals surface area contributed by atoms with Gasteiger partial charge >= 0.3 is 6.03 Å². The van der Waals surface area contributed by atoms with Gasteiger partial charge in [-0.15, -0.1) is 0 Å². The Morgan fingerprint density at radius 1 is 1.05 bits per heavy atom. The van der Waals surface area contributed by atoms with Crippen LogP contribution in [0.5, 0.6) is 11.5 Å². The second-order valence-electron chi connectivity index (χ2n) is 9.82. The number of benzene rings is 2. The summed E-state index contributed by atoms with van der Waals surface area (Å²) in [6.45, 7) is 12.3. The Morgan fingerprint density at radius 2 is 1.77 bits per heavy atom. The molecule has 1 aliphatic rings. The number of hydrogen-bond acceptors (Lipinski definition) is 9. The Bertz CT molecular complexity index is 1460. The number of nitrogens with zero attached hydrogens (tertiary/aromatic N) is 5. The minimum Gasteiger partial charge on any atom is -0.496 e. The van der Waals surface area contributed by atoms with Gasteiger partial charge in [0.1, 0.15) is 34.5 Å². The number of aromatic nitrogens is 2. The molecule has 1 saturated heterocycles. The van der Waals surface area contributed by atoms with E-state index in [1.807, 2.05) is 18.2 Å². The molecule has 3 aromatic rings. The Kier molecular flexibility index (Phi) is 10.3. The van der Waals surface area contributed by atoms with Gasteiger partial charge in [-0.1, -0.05) is 25.1 Å². The third-order valence-electron chi connectivity index (χ3n) is 7.31. The quantitative estimate of drug-likeness (QED) is 0.269. The normalized spacial score (nSPS) is 13.2. The number of rotatable bonds is 10. The first-order chi connectivity index (χ1) is 20.7. The van der Waals surface area contributed by atoms with Crippen LogP contribution in [-0.2, 0) is 4.79 Å². The lowest BCUT2D eigenvalue weighted by molar-refractivity contribution is -0.111. The van der Waals surface area contributed by atoms with E-state index in [0.29, 0.717) is 45.8 Å². The summed E-state index contributed by atoms with van der Waals surface area (Å²) < 4.78 is 10.7. The maximum atomic E-state index is 13.3. The zero-order valence-electron chi connectivity index (χ0n) is 25.0. The van der Waals surface area contributed by atoms with E-state index in [1.54, 1.807) is 26.1 Å². The topological polar surface area (TPSA) is 124 Å². The van der Waals surface area contributed by atoms with Crippen molar-refractivity contribution in [2.24, 2.45) is 0 Å². The van der Waals surface area contributed by atoms with Crippen LogP contribution in [0.4, 0.5) is 39.2 Å². The first-order valence-electron chi connectivity index (χ1n) is 13.8. The molecule has 3 amide bonds. The molecule has 3 N–H and O–H groups in total. The van der Waals surface area contributed by atoms with Gasteiger partial charge in [0.25, 0.3) is 0 Å². The van der Waals surface area contributed by atoms with E-state index in [0.717, 1.165) is 38.4 Å². The number of methoxy groups -OCH3 is 2. The van der Waals surface area contributed by atoms with Crippen LogP contribution in [0.25, 0.3) is 0 Å². The van der Waals surface area contributed by atoms with E-state index in [-0.39, 0.29) is 10.9 Å². The van der Waals surface area contributed by atoms with Crippen molar-refractivity contribution in [3.05, 3.63) is 59.9 Å². The summed E-state index contributed by atoms with van der Waals surface area (Å²) >= 11 is 6.50. The first-order valence-corrected chi connectivity index (χ1v) is 14.2. The number of nitrogens with one attached hydrogen (secondary N) is 3. The Hall–Kier alpha value is -4.55. The van der Waals surface area contributed by atoms with Crippen molar-refractivity contribution in [3.63, 3.8) is 0 Å². The summed E-state index contributed by atoms with van der Waals surface area (Å²) in [4.78, 5) is 40.1. The maximum absolute atomic E-state index is 13.3. The monoisotopic (exact) mass is 608 g/mol. The molecule has 228 valence electrons. The molecule has 43 heavy (non-hydrogen) atoms. The molecule has 4 rings (SSSR count). The molecule has 0 atom stereocenters. The molecule has 1 aliphatic heterocycles. The predicted molar refractivity (Wildman–Crippen MR) is 172 cm³/mol. The van der Waals surface area contributed by atoms with Gasteiger partial charge in [-0.05, 0) is 37.7 Å². The largest absolute Gasteiger partial charge is 0.496 e. The summed E-state index contributed by atoms with van der Waals surface area (Å²) in [5, 5.41) is 9.20. The van der Waals surface area contributed by atoms with Crippen LogP contribution in [0.1, 0.15) is 12.5 Å². The van der Waals surface area contributed by atoms with Gasteiger partial charge in [0.2, 0.25) is 5.91 Å². The van der Waals surface area contributed by atoms with Crippen molar-refractivity contribution in [2.75, 3.05) is 79.7 Å². The fourth-order valence-electron chi connectivity index (χ4n) is 4.69. The molecular formula is C30H37ClN8O4. The van der Waals surface area contributed by atoms with Crippen molar-refractivity contribution in [2.45, 2.75) is 13.8 Å². The molecule has 0 unspecified atom stereocenters. The van der Waals surface area contributed by atoms with Crippen LogP contribution in [0.2, 0.25) is 5.02 Å². The molecule has 1 fully saturated rings. The number of urea groups is 1.